The predicted octanol–water partition coefficient (Wildman–Crippen LogP) is 9.56. The van der Waals surface area contributed by atoms with Crippen LogP contribution in [0.15, 0.2) is 134 Å². The van der Waals surface area contributed by atoms with Crippen molar-refractivity contribution in [2.45, 2.75) is 13.8 Å². The third-order valence-corrected chi connectivity index (χ3v) is 7.10. The molecule has 0 unspecified atom stereocenters. The number of aliphatic imine (C=N–C) groups is 2. The molecular weight excluding hydrogens is 598 g/mol. The van der Waals surface area contributed by atoms with Gasteiger partial charge in [0.1, 0.15) is 0 Å². The Hall–Kier alpha value is -3.67. The van der Waals surface area contributed by atoms with E-state index in [1.165, 1.54) is 0 Å². The maximum absolute atomic E-state index is 5.13. The van der Waals surface area contributed by atoms with Crippen molar-refractivity contribution >= 4 is 54.7 Å². The highest BCUT2D eigenvalue weighted by molar-refractivity contribution is 9.10. The van der Waals surface area contributed by atoms with E-state index in [1.807, 2.05) is 78.9 Å². The average molecular weight is 623 g/mol. The molecule has 0 bridgehead atoms. The van der Waals surface area contributed by atoms with E-state index in [0.29, 0.717) is 0 Å². The lowest BCUT2D eigenvalue weighted by Gasteiger charge is -2.12. The lowest BCUT2D eigenvalue weighted by Crippen LogP contribution is -2.11. The first-order valence-electron chi connectivity index (χ1n) is 12.3. The molecule has 4 aromatic carbocycles. The zero-order valence-electron chi connectivity index (χ0n) is 21.1. The molecule has 5 rings (SSSR count). The fourth-order valence-electron chi connectivity index (χ4n) is 4.16. The summed E-state index contributed by atoms with van der Waals surface area (Å²) in [7, 11) is 0. The Labute approximate surface area is 240 Å². The zero-order chi connectivity index (χ0) is 26.5. The summed E-state index contributed by atoms with van der Waals surface area (Å²) in [5.41, 5.74) is 9.17. The van der Waals surface area contributed by atoms with Crippen LogP contribution in [0, 0.1) is 13.8 Å². The van der Waals surface area contributed by atoms with Gasteiger partial charge in [0.2, 0.25) is 0 Å². The van der Waals surface area contributed by atoms with Crippen LogP contribution in [0.2, 0.25) is 0 Å². The van der Waals surface area contributed by atoms with Gasteiger partial charge in [-0.3, -0.25) is 0 Å². The van der Waals surface area contributed by atoms with E-state index in [2.05, 4.69) is 82.1 Å². The molecule has 1 aromatic heterocycles. The fourth-order valence-corrected chi connectivity index (χ4v) is 5.11. The Morgan fingerprint density at radius 3 is 1.34 bits per heavy atom. The van der Waals surface area contributed by atoms with Gasteiger partial charge in [-0.15, -0.1) is 0 Å². The van der Waals surface area contributed by atoms with Gasteiger partial charge < -0.3 is 0 Å². The van der Waals surface area contributed by atoms with Crippen LogP contribution in [-0.2, 0) is 0 Å². The highest BCUT2D eigenvalue weighted by Crippen LogP contribution is 2.27. The molecule has 0 aliphatic carbocycles. The van der Waals surface area contributed by atoms with Gasteiger partial charge in [0.15, 0.2) is 0 Å². The lowest BCUT2D eigenvalue weighted by molar-refractivity contribution is 1.24. The van der Waals surface area contributed by atoms with Gasteiger partial charge in [-0.25, -0.2) is 15.0 Å². The highest BCUT2D eigenvalue weighted by atomic mass is 79.9. The van der Waals surface area contributed by atoms with E-state index in [0.717, 1.165) is 65.4 Å². The van der Waals surface area contributed by atoms with E-state index >= 15 is 0 Å². The SMILES string of the molecule is Cc1cc(Br)ccc1/N=C(\c1ccccc1)c1cccc(/C(=N/c2ccc(Br)cc2C)c2ccccc2)n1. The third kappa shape index (κ3) is 6.07. The molecule has 0 amide bonds. The minimum atomic E-state index is 0.784. The van der Waals surface area contributed by atoms with Crippen LogP contribution in [0.25, 0.3) is 0 Å². The predicted molar refractivity (Wildman–Crippen MR) is 165 cm³/mol. The Balaban J connectivity index is 1.68. The van der Waals surface area contributed by atoms with Crippen molar-refractivity contribution in [1.82, 2.24) is 4.98 Å². The van der Waals surface area contributed by atoms with Crippen molar-refractivity contribution in [3.05, 3.63) is 158 Å². The molecule has 0 saturated heterocycles. The van der Waals surface area contributed by atoms with Gasteiger partial charge in [0, 0.05) is 20.1 Å². The Bertz CT molecular complexity index is 1520. The van der Waals surface area contributed by atoms with E-state index in [-0.39, 0.29) is 0 Å². The van der Waals surface area contributed by atoms with E-state index in [1.54, 1.807) is 0 Å². The van der Waals surface area contributed by atoms with Crippen LogP contribution >= 0.6 is 31.9 Å². The van der Waals surface area contributed by atoms with Crippen LogP contribution in [0.4, 0.5) is 11.4 Å². The minimum absolute atomic E-state index is 0.784. The molecule has 0 saturated carbocycles. The van der Waals surface area contributed by atoms with Crippen molar-refractivity contribution in [3.8, 4) is 0 Å². The summed E-state index contributed by atoms with van der Waals surface area (Å²) >= 11 is 7.12. The molecule has 0 fully saturated rings. The number of hydrogen-bond acceptors (Lipinski definition) is 3. The number of rotatable bonds is 6. The van der Waals surface area contributed by atoms with Crippen molar-refractivity contribution < 1.29 is 0 Å². The van der Waals surface area contributed by atoms with Crippen molar-refractivity contribution in [1.29, 1.82) is 0 Å². The second-order valence-corrected chi connectivity index (χ2v) is 10.8. The lowest BCUT2D eigenvalue weighted by atomic mass is 10.0. The number of hydrogen-bond donors (Lipinski definition) is 0. The largest absolute Gasteiger partial charge is 0.246 e. The topological polar surface area (TPSA) is 37.6 Å². The van der Waals surface area contributed by atoms with Crippen LogP contribution < -0.4 is 0 Å². The number of nitrogens with zero attached hydrogens (tertiary/aromatic N) is 3. The van der Waals surface area contributed by atoms with E-state index in [9.17, 15) is 0 Å². The first kappa shape index (κ1) is 26.0. The molecular formula is C33H25Br2N3. The smallest absolute Gasteiger partial charge is 0.0966 e. The molecule has 5 heteroatoms. The fraction of sp³-hybridized carbons (Fsp3) is 0.0606. The summed E-state index contributed by atoms with van der Waals surface area (Å²) in [6, 6.07) is 38.7. The molecule has 0 aliphatic heterocycles. The number of pyridine rings is 1. The Kier molecular flexibility index (Phi) is 8.06. The first-order valence-corrected chi connectivity index (χ1v) is 13.8. The molecule has 5 aromatic rings. The van der Waals surface area contributed by atoms with Crippen LogP contribution in [0.3, 0.4) is 0 Å². The number of aromatic nitrogens is 1. The quantitative estimate of drug-likeness (QED) is 0.174. The zero-order valence-corrected chi connectivity index (χ0v) is 24.2. The van der Waals surface area contributed by atoms with Gasteiger partial charge >= 0.3 is 0 Å². The molecule has 3 nitrogen and oxygen atoms in total. The summed E-state index contributed by atoms with van der Waals surface area (Å²) in [6.07, 6.45) is 0. The number of halogens is 2. The maximum Gasteiger partial charge on any atom is 0.0966 e. The Morgan fingerprint density at radius 1 is 0.526 bits per heavy atom. The summed E-state index contributed by atoms with van der Waals surface area (Å²) < 4.78 is 2.06. The van der Waals surface area contributed by atoms with Crippen LogP contribution in [0.5, 0.6) is 0 Å². The molecule has 186 valence electrons. The van der Waals surface area contributed by atoms with Crippen LogP contribution in [-0.4, -0.2) is 16.4 Å². The first-order chi connectivity index (χ1) is 18.5. The van der Waals surface area contributed by atoms with E-state index < -0.39 is 0 Å². The van der Waals surface area contributed by atoms with Crippen molar-refractivity contribution in [2.24, 2.45) is 9.98 Å². The average Bonchev–Trinajstić information content (AvgIpc) is 2.93. The van der Waals surface area contributed by atoms with Crippen LogP contribution in [0.1, 0.15) is 33.6 Å². The second kappa shape index (κ2) is 11.8. The molecule has 0 aliphatic rings. The number of benzene rings is 4. The second-order valence-electron chi connectivity index (χ2n) is 8.92. The van der Waals surface area contributed by atoms with Gasteiger partial charge in [-0.05, 0) is 73.5 Å². The molecule has 0 radical (unpaired) electrons. The monoisotopic (exact) mass is 621 g/mol. The van der Waals surface area contributed by atoms with Gasteiger partial charge in [-0.2, -0.15) is 0 Å². The molecule has 0 atom stereocenters. The standard InChI is InChI=1S/C33H25Br2N3/c1-22-20-26(34)16-18-28(22)37-32(24-10-5-3-6-11-24)30-14-9-15-31(36-30)33(25-12-7-4-8-13-25)38-29-19-17-27(35)21-23(29)2/h3-21H,1-2H3/b37-32+,38-33+. The maximum atomic E-state index is 5.13. The summed E-state index contributed by atoms with van der Waals surface area (Å²) in [5, 5.41) is 0. The highest BCUT2D eigenvalue weighted by Gasteiger charge is 2.15. The van der Waals surface area contributed by atoms with Crippen molar-refractivity contribution in [2.75, 3.05) is 0 Å². The summed E-state index contributed by atoms with van der Waals surface area (Å²) in [6.45, 7) is 4.13. The minimum Gasteiger partial charge on any atom is -0.246 e. The summed E-state index contributed by atoms with van der Waals surface area (Å²) in [5.74, 6) is 0. The van der Waals surface area contributed by atoms with Gasteiger partial charge in [-0.1, -0.05) is 98.6 Å². The van der Waals surface area contributed by atoms with Crippen molar-refractivity contribution in [3.63, 3.8) is 0 Å². The molecule has 38 heavy (non-hydrogen) atoms. The van der Waals surface area contributed by atoms with E-state index in [4.69, 9.17) is 15.0 Å². The normalized spacial score (nSPS) is 12.0. The van der Waals surface area contributed by atoms with Gasteiger partial charge in [0.05, 0.1) is 34.2 Å². The van der Waals surface area contributed by atoms with Gasteiger partial charge in [0.25, 0.3) is 0 Å². The third-order valence-electron chi connectivity index (χ3n) is 6.11. The molecule has 0 spiro atoms. The molecule has 1 heterocycles. The Morgan fingerprint density at radius 2 is 0.947 bits per heavy atom. The summed E-state index contributed by atoms with van der Waals surface area (Å²) in [4.78, 5) is 15.4. The number of aryl methyl sites for hydroxylation is 2. The molecule has 0 N–H and O–H groups in total.